The van der Waals surface area contributed by atoms with Crippen LogP contribution in [0.5, 0.6) is 5.75 Å². The highest BCUT2D eigenvalue weighted by molar-refractivity contribution is 5.89. The molecule has 3 atom stereocenters. The minimum Gasteiger partial charge on any atom is -0.507 e. The first-order chi connectivity index (χ1) is 13.9. The van der Waals surface area contributed by atoms with E-state index in [0.29, 0.717) is 29.9 Å². The molecule has 29 heavy (non-hydrogen) atoms. The van der Waals surface area contributed by atoms with Crippen molar-refractivity contribution in [3.8, 4) is 17.0 Å². The van der Waals surface area contributed by atoms with Gasteiger partial charge in [-0.3, -0.25) is 4.98 Å². The molecule has 0 spiro atoms. The van der Waals surface area contributed by atoms with Gasteiger partial charge < -0.3 is 15.3 Å². The monoisotopic (exact) mass is 397 g/mol. The molecule has 2 bridgehead atoms. The van der Waals surface area contributed by atoms with Crippen LogP contribution in [0.4, 0.5) is 14.6 Å². The number of halogens is 2. The zero-order valence-corrected chi connectivity index (χ0v) is 15.9. The molecule has 0 aliphatic carbocycles. The fourth-order valence-electron chi connectivity index (χ4n) is 4.51. The average Bonchev–Trinajstić information content (AvgIpc) is 2.93. The van der Waals surface area contributed by atoms with Gasteiger partial charge in [0.15, 0.2) is 5.82 Å². The van der Waals surface area contributed by atoms with E-state index in [1.807, 2.05) is 30.1 Å². The highest BCUT2D eigenvalue weighted by Gasteiger charge is 2.53. The van der Waals surface area contributed by atoms with Crippen molar-refractivity contribution in [2.45, 2.75) is 43.3 Å². The highest BCUT2D eigenvalue weighted by Crippen LogP contribution is 2.41. The number of phenolic OH excluding ortho intramolecular Hbond substituents is 1. The molecule has 6 nitrogen and oxygen atoms in total. The molecule has 8 heteroatoms. The standard InChI is InChI=1S/C21H21F2N5O/c1-28(15-8-14-10-21(22,23)19(9-15)25-14)20-3-2-17(26-27-20)16-6-12-4-5-24-11-13(12)7-18(16)29/h2-7,11,14-15,19,25,29H,8-10H2,1H3/t14-,15-,19+/m1/s1. The third-order valence-electron chi connectivity index (χ3n) is 6.12. The predicted octanol–water partition coefficient (Wildman–Crippen LogP) is 3.36. The summed E-state index contributed by atoms with van der Waals surface area (Å²) in [5.41, 5.74) is 1.14. The minimum atomic E-state index is -2.64. The Kier molecular flexibility index (Phi) is 4.13. The van der Waals surface area contributed by atoms with E-state index in [4.69, 9.17) is 0 Å². The topological polar surface area (TPSA) is 74.2 Å². The summed E-state index contributed by atoms with van der Waals surface area (Å²) in [4.78, 5) is 6.00. The fourth-order valence-corrected chi connectivity index (χ4v) is 4.51. The molecule has 2 fully saturated rings. The van der Waals surface area contributed by atoms with Crippen molar-refractivity contribution < 1.29 is 13.9 Å². The Labute approximate surface area is 166 Å². The van der Waals surface area contributed by atoms with Crippen molar-refractivity contribution in [1.82, 2.24) is 20.5 Å². The molecule has 4 heterocycles. The molecule has 3 aromatic rings. The lowest BCUT2D eigenvalue weighted by atomic mass is 9.98. The molecule has 0 radical (unpaired) electrons. The van der Waals surface area contributed by atoms with Crippen molar-refractivity contribution >= 4 is 16.6 Å². The number of nitrogens with zero attached hydrogens (tertiary/aromatic N) is 4. The molecule has 2 saturated heterocycles. The van der Waals surface area contributed by atoms with E-state index >= 15 is 0 Å². The van der Waals surface area contributed by atoms with Crippen LogP contribution in [0.2, 0.25) is 0 Å². The predicted molar refractivity (Wildman–Crippen MR) is 106 cm³/mol. The van der Waals surface area contributed by atoms with Crippen molar-refractivity contribution in [2.75, 3.05) is 11.9 Å². The molecule has 5 rings (SSSR count). The number of benzene rings is 1. The number of rotatable bonds is 3. The van der Waals surface area contributed by atoms with Gasteiger partial charge in [0.25, 0.3) is 5.92 Å². The molecule has 2 aliphatic heterocycles. The first-order valence-corrected chi connectivity index (χ1v) is 9.68. The molecule has 2 N–H and O–H groups in total. The van der Waals surface area contributed by atoms with Crippen LogP contribution in [0.3, 0.4) is 0 Å². The van der Waals surface area contributed by atoms with Gasteiger partial charge in [-0.15, -0.1) is 10.2 Å². The van der Waals surface area contributed by atoms with E-state index < -0.39 is 12.0 Å². The third kappa shape index (κ3) is 3.17. The molecule has 1 aromatic carbocycles. The Bertz CT molecular complexity index is 1060. The highest BCUT2D eigenvalue weighted by atomic mass is 19.3. The van der Waals surface area contributed by atoms with Crippen LogP contribution in [-0.4, -0.2) is 51.4 Å². The number of piperidine rings is 1. The fraction of sp³-hybridized carbons (Fsp3) is 0.381. The summed E-state index contributed by atoms with van der Waals surface area (Å²) < 4.78 is 28.0. The normalized spacial score (nSPS) is 25.3. The van der Waals surface area contributed by atoms with Gasteiger partial charge in [-0.2, -0.15) is 0 Å². The number of anilines is 1. The van der Waals surface area contributed by atoms with E-state index in [0.717, 1.165) is 10.8 Å². The van der Waals surface area contributed by atoms with E-state index in [-0.39, 0.29) is 24.3 Å². The number of phenols is 1. The SMILES string of the molecule is CN(c1ccc(-c2cc3ccncc3cc2O)nn1)[C@@H]1C[C@@H]2CC(F)(F)[C@H](C1)N2. The van der Waals surface area contributed by atoms with Crippen LogP contribution < -0.4 is 10.2 Å². The Balaban J connectivity index is 1.39. The third-order valence-corrected chi connectivity index (χ3v) is 6.12. The quantitative estimate of drug-likeness (QED) is 0.706. The first kappa shape index (κ1) is 18.2. The first-order valence-electron chi connectivity index (χ1n) is 9.68. The Morgan fingerprint density at radius 1 is 1.14 bits per heavy atom. The van der Waals surface area contributed by atoms with Gasteiger partial charge in [0.2, 0.25) is 0 Å². The van der Waals surface area contributed by atoms with Crippen molar-refractivity contribution in [3.05, 3.63) is 42.7 Å². The van der Waals surface area contributed by atoms with Crippen LogP contribution in [0.1, 0.15) is 19.3 Å². The van der Waals surface area contributed by atoms with E-state index in [1.165, 1.54) is 0 Å². The lowest BCUT2D eigenvalue weighted by Gasteiger charge is -2.36. The van der Waals surface area contributed by atoms with Crippen LogP contribution in [0.25, 0.3) is 22.0 Å². The molecule has 0 unspecified atom stereocenters. The second-order valence-electron chi connectivity index (χ2n) is 7.99. The van der Waals surface area contributed by atoms with Crippen molar-refractivity contribution in [2.24, 2.45) is 0 Å². The number of fused-ring (bicyclic) bond motifs is 3. The van der Waals surface area contributed by atoms with Crippen LogP contribution >= 0.6 is 0 Å². The number of alkyl halides is 2. The summed E-state index contributed by atoms with van der Waals surface area (Å²) >= 11 is 0. The summed E-state index contributed by atoms with van der Waals surface area (Å²) in [6, 6.07) is 8.05. The largest absolute Gasteiger partial charge is 0.507 e. The van der Waals surface area contributed by atoms with Gasteiger partial charge in [0.05, 0.1) is 11.7 Å². The molecule has 0 amide bonds. The van der Waals surface area contributed by atoms with E-state index in [2.05, 4.69) is 20.5 Å². The van der Waals surface area contributed by atoms with Crippen LogP contribution in [0.15, 0.2) is 42.7 Å². The number of pyridine rings is 1. The molecule has 2 aliphatic rings. The average molecular weight is 397 g/mol. The Morgan fingerprint density at radius 2 is 2.00 bits per heavy atom. The Hall–Kier alpha value is -2.87. The molecule has 2 aromatic heterocycles. The number of hydrogen-bond acceptors (Lipinski definition) is 6. The van der Waals surface area contributed by atoms with Crippen molar-refractivity contribution in [1.29, 1.82) is 0 Å². The zero-order chi connectivity index (χ0) is 20.2. The summed E-state index contributed by atoms with van der Waals surface area (Å²) in [7, 11) is 1.87. The van der Waals surface area contributed by atoms with E-state index in [9.17, 15) is 13.9 Å². The van der Waals surface area contributed by atoms with Crippen LogP contribution in [0, 0.1) is 0 Å². The van der Waals surface area contributed by atoms with Gasteiger partial charge in [0, 0.05) is 48.9 Å². The number of aromatic nitrogens is 3. The second-order valence-corrected chi connectivity index (χ2v) is 7.99. The molecule has 0 saturated carbocycles. The second kappa shape index (κ2) is 6.59. The number of aromatic hydroxyl groups is 1. The minimum absolute atomic E-state index is 0.0126. The smallest absolute Gasteiger partial charge is 0.264 e. The lowest BCUT2D eigenvalue weighted by Crippen LogP contribution is -2.49. The lowest BCUT2D eigenvalue weighted by molar-refractivity contribution is -0.0128. The maximum absolute atomic E-state index is 14.0. The van der Waals surface area contributed by atoms with Gasteiger partial charge >= 0.3 is 0 Å². The summed E-state index contributed by atoms with van der Waals surface area (Å²) in [5, 5.41) is 23.8. The maximum Gasteiger partial charge on any atom is 0.264 e. The number of hydrogen-bond donors (Lipinski definition) is 2. The van der Waals surface area contributed by atoms with Gasteiger partial charge in [-0.25, -0.2) is 8.78 Å². The maximum atomic E-state index is 14.0. The van der Waals surface area contributed by atoms with Gasteiger partial charge in [0.1, 0.15) is 5.75 Å². The Morgan fingerprint density at radius 3 is 2.76 bits per heavy atom. The van der Waals surface area contributed by atoms with Crippen molar-refractivity contribution in [3.63, 3.8) is 0 Å². The van der Waals surface area contributed by atoms with Gasteiger partial charge in [-0.05, 0) is 48.6 Å². The van der Waals surface area contributed by atoms with Crippen LogP contribution in [-0.2, 0) is 0 Å². The molecular weight excluding hydrogens is 376 g/mol. The summed E-state index contributed by atoms with van der Waals surface area (Å²) in [6.07, 6.45) is 4.33. The van der Waals surface area contributed by atoms with E-state index in [1.54, 1.807) is 24.5 Å². The molecule has 150 valence electrons. The summed E-state index contributed by atoms with van der Waals surface area (Å²) in [5.74, 6) is -1.90. The summed E-state index contributed by atoms with van der Waals surface area (Å²) in [6.45, 7) is 0. The van der Waals surface area contributed by atoms with Gasteiger partial charge in [-0.1, -0.05) is 0 Å². The number of nitrogens with one attached hydrogen (secondary N) is 1. The molecular formula is C21H21F2N5O. The zero-order valence-electron chi connectivity index (χ0n) is 15.9.